The maximum atomic E-state index is 11.8. The van der Waals surface area contributed by atoms with Crippen molar-refractivity contribution < 1.29 is 23.8 Å². The van der Waals surface area contributed by atoms with Gasteiger partial charge in [-0.15, -0.1) is 0 Å². The Kier molecular flexibility index (Phi) is 6.75. The molecule has 4 rings (SSSR count). The normalized spacial score (nSPS) is 20.5. The van der Waals surface area contributed by atoms with Crippen LogP contribution >= 0.6 is 11.8 Å². The molecule has 0 radical (unpaired) electrons. The molecule has 7 heteroatoms. The van der Waals surface area contributed by atoms with Crippen molar-refractivity contribution in [3.63, 3.8) is 0 Å². The molecule has 6 nitrogen and oxygen atoms in total. The number of carbonyl (C=O) groups excluding carboxylic acids is 2. The van der Waals surface area contributed by atoms with Crippen molar-refractivity contribution >= 4 is 29.0 Å². The van der Waals surface area contributed by atoms with E-state index in [-0.39, 0.29) is 11.1 Å². The van der Waals surface area contributed by atoms with E-state index in [4.69, 9.17) is 14.2 Å². The van der Waals surface area contributed by atoms with E-state index in [9.17, 15) is 9.59 Å². The average molecular weight is 480 g/mol. The van der Waals surface area contributed by atoms with Gasteiger partial charge in [-0.3, -0.25) is 14.9 Å². The third kappa shape index (κ3) is 4.85. The highest BCUT2D eigenvalue weighted by Crippen LogP contribution is 2.44. The Morgan fingerprint density at radius 2 is 1.97 bits per heavy atom. The second kappa shape index (κ2) is 9.58. The Morgan fingerprint density at radius 3 is 2.68 bits per heavy atom. The number of rotatable bonds is 7. The minimum atomic E-state index is -0.484. The number of benzene rings is 2. The second-order valence-corrected chi connectivity index (χ2v) is 9.89. The highest BCUT2D eigenvalue weighted by molar-refractivity contribution is 8.18. The number of imide groups is 1. The molecule has 0 aliphatic carbocycles. The van der Waals surface area contributed by atoms with Gasteiger partial charge < -0.3 is 14.2 Å². The standard InChI is InChI=1S/C27H29NO5S/c1-6-12-31-23-16(2)17(3)24-21(18(23)4)10-11-27(5,33-24)15-32-20-9-7-8-19(13-20)14-22-25(29)28-26(30)34-22/h6-9,13-14H,1,10-12,15H2,2-5H3,(H,28,29,30)/b22-14-. The zero-order valence-electron chi connectivity index (χ0n) is 19.9. The number of thioether (sulfide) groups is 1. The smallest absolute Gasteiger partial charge is 0.290 e. The van der Waals surface area contributed by atoms with Crippen molar-refractivity contribution in [2.45, 2.75) is 46.1 Å². The van der Waals surface area contributed by atoms with Crippen LogP contribution in [0.25, 0.3) is 6.08 Å². The van der Waals surface area contributed by atoms with Crippen LogP contribution in [0.3, 0.4) is 0 Å². The first kappa shape index (κ1) is 24.0. The molecule has 0 bridgehead atoms. The molecule has 2 heterocycles. The molecule has 178 valence electrons. The van der Waals surface area contributed by atoms with Crippen molar-refractivity contribution in [3.05, 3.63) is 69.6 Å². The van der Waals surface area contributed by atoms with Gasteiger partial charge in [0.05, 0.1) is 4.91 Å². The summed E-state index contributed by atoms with van der Waals surface area (Å²) in [7, 11) is 0. The van der Waals surface area contributed by atoms with Crippen molar-refractivity contribution in [3.8, 4) is 17.2 Å². The first-order chi connectivity index (χ1) is 16.2. The minimum absolute atomic E-state index is 0.355. The van der Waals surface area contributed by atoms with Gasteiger partial charge >= 0.3 is 0 Å². The Morgan fingerprint density at radius 1 is 1.18 bits per heavy atom. The Bertz CT molecular complexity index is 1200. The number of amides is 2. The molecule has 0 aromatic heterocycles. The van der Waals surface area contributed by atoms with Crippen LogP contribution in [0.2, 0.25) is 0 Å². The zero-order chi connectivity index (χ0) is 24.5. The molecule has 2 aromatic rings. The van der Waals surface area contributed by atoms with Gasteiger partial charge in [0.15, 0.2) is 0 Å². The van der Waals surface area contributed by atoms with Gasteiger partial charge in [-0.25, -0.2) is 0 Å². The molecular weight excluding hydrogens is 450 g/mol. The average Bonchev–Trinajstić information content (AvgIpc) is 3.13. The Balaban J connectivity index is 1.50. The molecule has 1 N–H and O–H groups in total. The summed E-state index contributed by atoms with van der Waals surface area (Å²) in [6.45, 7) is 12.9. The Hall–Kier alpha value is -3.19. The highest BCUT2D eigenvalue weighted by Gasteiger charge is 2.35. The zero-order valence-corrected chi connectivity index (χ0v) is 20.8. The minimum Gasteiger partial charge on any atom is -0.489 e. The molecular formula is C27H29NO5S. The molecule has 0 saturated carbocycles. The van der Waals surface area contributed by atoms with Crippen molar-refractivity contribution in [1.82, 2.24) is 5.32 Å². The summed E-state index contributed by atoms with van der Waals surface area (Å²) in [6, 6.07) is 7.46. The third-order valence-electron chi connectivity index (χ3n) is 6.25. The van der Waals surface area contributed by atoms with Crippen LogP contribution in [-0.2, 0) is 11.2 Å². The van der Waals surface area contributed by atoms with Crippen LogP contribution in [-0.4, -0.2) is 30.0 Å². The van der Waals surface area contributed by atoms with E-state index in [0.29, 0.717) is 23.9 Å². The summed E-state index contributed by atoms with van der Waals surface area (Å²) in [5.41, 5.74) is 4.78. The highest BCUT2D eigenvalue weighted by atomic mass is 32.2. The Labute approximate surface area is 204 Å². The molecule has 1 atom stereocenters. The van der Waals surface area contributed by atoms with Crippen molar-refractivity contribution in [2.75, 3.05) is 13.2 Å². The van der Waals surface area contributed by atoms with Gasteiger partial charge in [-0.1, -0.05) is 24.8 Å². The lowest BCUT2D eigenvalue weighted by atomic mass is 9.87. The molecule has 1 saturated heterocycles. The number of carbonyl (C=O) groups is 2. The van der Waals surface area contributed by atoms with Gasteiger partial charge in [0, 0.05) is 5.56 Å². The number of hydrogen-bond donors (Lipinski definition) is 1. The van der Waals surface area contributed by atoms with Crippen molar-refractivity contribution in [2.24, 2.45) is 0 Å². The van der Waals surface area contributed by atoms with Gasteiger partial charge in [0.1, 0.15) is 36.1 Å². The van der Waals surface area contributed by atoms with Gasteiger partial charge in [0.2, 0.25) is 0 Å². The summed E-state index contributed by atoms with van der Waals surface area (Å²) >= 11 is 0.899. The fourth-order valence-corrected chi connectivity index (χ4v) is 4.93. The van der Waals surface area contributed by atoms with Gasteiger partial charge in [0.25, 0.3) is 11.1 Å². The lowest BCUT2D eigenvalue weighted by Crippen LogP contribution is -2.42. The van der Waals surface area contributed by atoms with E-state index >= 15 is 0 Å². The van der Waals surface area contributed by atoms with Crippen LogP contribution in [0.1, 0.15) is 41.2 Å². The summed E-state index contributed by atoms with van der Waals surface area (Å²) in [5.74, 6) is 2.14. The van der Waals surface area contributed by atoms with E-state index < -0.39 is 5.60 Å². The molecule has 2 amide bonds. The largest absolute Gasteiger partial charge is 0.489 e. The lowest BCUT2D eigenvalue weighted by Gasteiger charge is -2.38. The first-order valence-corrected chi connectivity index (χ1v) is 12.1. The summed E-state index contributed by atoms with van der Waals surface area (Å²) in [4.78, 5) is 23.6. The van der Waals surface area contributed by atoms with Crippen LogP contribution < -0.4 is 19.5 Å². The van der Waals surface area contributed by atoms with E-state index in [1.807, 2.05) is 24.3 Å². The van der Waals surface area contributed by atoms with Crippen LogP contribution in [0.15, 0.2) is 41.8 Å². The third-order valence-corrected chi connectivity index (χ3v) is 7.06. The van der Waals surface area contributed by atoms with Gasteiger partial charge in [-0.05, 0) is 92.8 Å². The molecule has 34 heavy (non-hydrogen) atoms. The quantitative estimate of drug-likeness (QED) is 0.408. The molecule has 0 spiro atoms. The molecule has 2 aliphatic heterocycles. The molecule has 1 fully saturated rings. The number of hydrogen-bond acceptors (Lipinski definition) is 6. The topological polar surface area (TPSA) is 73.9 Å². The summed E-state index contributed by atoms with van der Waals surface area (Å²) in [6.07, 6.45) is 5.13. The predicted octanol–water partition coefficient (Wildman–Crippen LogP) is 5.66. The molecule has 2 aromatic carbocycles. The summed E-state index contributed by atoms with van der Waals surface area (Å²) in [5, 5.41) is 1.91. The number of nitrogens with one attached hydrogen (secondary N) is 1. The monoisotopic (exact) mass is 479 g/mol. The van der Waals surface area contributed by atoms with E-state index in [2.05, 4.69) is 39.6 Å². The second-order valence-electron chi connectivity index (χ2n) is 8.88. The maximum Gasteiger partial charge on any atom is 0.290 e. The van der Waals surface area contributed by atoms with Gasteiger partial charge in [-0.2, -0.15) is 0 Å². The van der Waals surface area contributed by atoms with Crippen LogP contribution in [0.4, 0.5) is 4.79 Å². The lowest BCUT2D eigenvalue weighted by molar-refractivity contribution is -0.115. The number of fused-ring (bicyclic) bond motifs is 1. The van der Waals surface area contributed by atoms with E-state index in [1.165, 1.54) is 5.56 Å². The molecule has 1 unspecified atom stereocenters. The number of ether oxygens (including phenoxy) is 3. The predicted molar refractivity (Wildman–Crippen MR) is 135 cm³/mol. The van der Waals surface area contributed by atoms with Crippen LogP contribution in [0, 0.1) is 20.8 Å². The SMILES string of the molecule is C=CCOc1c(C)c(C)c2c(c1C)CCC(C)(COc1cccc(/C=C3\SC(=O)NC3=O)c1)O2. The fraction of sp³-hybridized carbons (Fsp3) is 0.333. The van der Waals surface area contributed by atoms with Crippen LogP contribution in [0.5, 0.6) is 17.2 Å². The maximum absolute atomic E-state index is 11.8. The first-order valence-electron chi connectivity index (χ1n) is 11.2. The van der Waals surface area contributed by atoms with E-state index in [0.717, 1.165) is 58.4 Å². The fourth-order valence-electron chi connectivity index (χ4n) is 4.24. The molecule has 2 aliphatic rings. The van der Waals surface area contributed by atoms with E-state index in [1.54, 1.807) is 12.2 Å². The summed E-state index contributed by atoms with van der Waals surface area (Å²) < 4.78 is 18.6. The van der Waals surface area contributed by atoms with Crippen molar-refractivity contribution in [1.29, 1.82) is 0 Å².